The summed E-state index contributed by atoms with van der Waals surface area (Å²) in [5.74, 6) is -0.363. The highest BCUT2D eigenvalue weighted by Gasteiger charge is 2.29. The number of halogens is 2. The first-order chi connectivity index (χ1) is 14.4. The average molecular weight is 450 g/mol. The van der Waals surface area contributed by atoms with Crippen molar-refractivity contribution in [1.29, 1.82) is 0 Å². The number of carbonyl (C=O) groups excluding carboxylic acids is 2. The van der Waals surface area contributed by atoms with E-state index in [2.05, 4.69) is 14.8 Å². The number of H-pyrrole nitrogens is 1. The van der Waals surface area contributed by atoms with Gasteiger partial charge in [-0.2, -0.15) is 5.10 Å². The maximum Gasteiger partial charge on any atom is 0.248 e. The monoisotopic (exact) mass is 449 g/mol. The molecule has 4 rings (SSSR count). The number of likely N-dealkylation sites (N-methyl/N-ethyl adjacent to an activating group) is 1. The molecule has 158 valence electrons. The molecule has 0 bridgehead atoms. The van der Waals surface area contributed by atoms with Crippen LogP contribution in [0.15, 0.2) is 24.5 Å². The Morgan fingerprint density at radius 3 is 2.80 bits per heavy atom. The highest BCUT2D eigenvalue weighted by Crippen LogP contribution is 2.42. The van der Waals surface area contributed by atoms with Gasteiger partial charge in [0.2, 0.25) is 11.8 Å². The van der Waals surface area contributed by atoms with Crippen molar-refractivity contribution in [2.24, 2.45) is 0 Å². The summed E-state index contributed by atoms with van der Waals surface area (Å²) in [4.78, 5) is 28.0. The molecule has 0 spiro atoms. The fourth-order valence-electron chi connectivity index (χ4n) is 3.87. The third-order valence-corrected chi connectivity index (χ3v) is 6.16. The minimum Gasteiger partial charge on any atom is -0.375 e. The van der Waals surface area contributed by atoms with E-state index < -0.39 is 0 Å². The van der Waals surface area contributed by atoms with E-state index in [1.165, 1.54) is 12.0 Å². The van der Waals surface area contributed by atoms with Crippen LogP contribution in [-0.2, 0) is 27.4 Å². The van der Waals surface area contributed by atoms with Crippen LogP contribution in [0.5, 0.6) is 0 Å². The van der Waals surface area contributed by atoms with Crippen LogP contribution < -0.4 is 0 Å². The molecule has 0 saturated heterocycles. The largest absolute Gasteiger partial charge is 0.375 e. The molecule has 0 atom stereocenters. The molecular formula is C20H21Cl2N5O3. The number of aromatic amines is 1. The summed E-state index contributed by atoms with van der Waals surface area (Å²) in [6, 6.07) is 3.72. The van der Waals surface area contributed by atoms with Crippen LogP contribution in [-0.4, -0.2) is 70.2 Å². The molecule has 3 aromatic rings. The third-order valence-electron chi connectivity index (χ3n) is 5.36. The van der Waals surface area contributed by atoms with Crippen molar-refractivity contribution < 1.29 is 14.3 Å². The van der Waals surface area contributed by atoms with Crippen LogP contribution in [0.25, 0.3) is 22.0 Å². The molecule has 0 radical (unpaired) electrons. The topological polar surface area (TPSA) is 83.5 Å². The number of rotatable bonds is 5. The lowest BCUT2D eigenvalue weighted by atomic mass is 10.0. The molecule has 1 aliphatic rings. The minimum atomic E-state index is -0.238. The number of aromatic nitrogens is 3. The molecule has 1 aliphatic heterocycles. The summed E-state index contributed by atoms with van der Waals surface area (Å²) in [5.41, 5.74) is 3.70. The number of nitrogens with one attached hydrogen (secondary N) is 1. The molecule has 1 aromatic carbocycles. The summed E-state index contributed by atoms with van der Waals surface area (Å²) >= 11 is 12.8. The maximum atomic E-state index is 12.9. The summed E-state index contributed by atoms with van der Waals surface area (Å²) in [5, 5.41) is 8.86. The van der Waals surface area contributed by atoms with E-state index in [9.17, 15) is 9.59 Å². The highest BCUT2D eigenvalue weighted by atomic mass is 35.5. The first kappa shape index (κ1) is 20.7. The second kappa shape index (κ2) is 8.29. The molecule has 8 nitrogen and oxygen atoms in total. The molecule has 0 unspecified atom stereocenters. The number of fused-ring (bicyclic) bond motifs is 3. The Labute approximate surface area is 183 Å². The lowest BCUT2D eigenvalue weighted by Crippen LogP contribution is -2.45. The molecule has 0 saturated carbocycles. The number of benzene rings is 1. The van der Waals surface area contributed by atoms with Gasteiger partial charge in [-0.05, 0) is 6.07 Å². The van der Waals surface area contributed by atoms with Gasteiger partial charge in [0.15, 0.2) is 0 Å². The van der Waals surface area contributed by atoms with Gasteiger partial charge in [-0.3, -0.25) is 14.7 Å². The molecule has 1 N–H and O–H groups in total. The molecule has 2 aromatic heterocycles. The standard InChI is InChI=1S/C20H21Cl2N5O3/c1-25(17(29)11-30-2)10-16(28)26-5-6-27-15(9-26)18(12-7-23-24-8-12)13-3-4-14(21)19(22)20(13)27/h3-4,7-8H,5-6,9-11H2,1-2H3,(H,23,24). The predicted molar refractivity (Wildman–Crippen MR) is 114 cm³/mol. The Kier molecular flexibility index (Phi) is 5.73. The van der Waals surface area contributed by atoms with Crippen LogP contribution in [0.1, 0.15) is 5.69 Å². The second-order valence-corrected chi connectivity index (χ2v) is 8.00. The van der Waals surface area contributed by atoms with Crippen LogP contribution in [0.4, 0.5) is 0 Å². The van der Waals surface area contributed by atoms with E-state index in [0.717, 1.165) is 27.7 Å². The van der Waals surface area contributed by atoms with E-state index in [-0.39, 0.29) is 25.0 Å². The van der Waals surface area contributed by atoms with Crippen LogP contribution in [0.2, 0.25) is 10.0 Å². The number of hydrogen-bond donors (Lipinski definition) is 1. The lowest BCUT2D eigenvalue weighted by molar-refractivity contribution is -0.142. The van der Waals surface area contributed by atoms with Crippen LogP contribution >= 0.6 is 23.2 Å². The molecule has 3 heterocycles. The molecule has 30 heavy (non-hydrogen) atoms. The van der Waals surface area contributed by atoms with Gasteiger partial charge in [-0.1, -0.05) is 29.3 Å². The van der Waals surface area contributed by atoms with Crippen molar-refractivity contribution in [2.75, 3.05) is 33.9 Å². The van der Waals surface area contributed by atoms with Crippen molar-refractivity contribution in [3.05, 3.63) is 40.3 Å². The number of amides is 2. The predicted octanol–water partition coefficient (Wildman–Crippen LogP) is 2.79. The van der Waals surface area contributed by atoms with Gasteiger partial charge in [0.1, 0.15) is 6.61 Å². The number of hydrogen-bond acceptors (Lipinski definition) is 4. The molecule has 10 heteroatoms. The first-order valence-electron chi connectivity index (χ1n) is 9.41. The van der Waals surface area contributed by atoms with Gasteiger partial charge in [0.25, 0.3) is 0 Å². The normalized spacial score (nSPS) is 13.5. The quantitative estimate of drug-likeness (QED) is 0.648. The zero-order valence-corrected chi connectivity index (χ0v) is 18.1. The summed E-state index contributed by atoms with van der Waals surface area (Å²) < 4.78 is 6.98. The van der Waals surface area contributed by atoms with Crippen molar-refractivity contribution in [2.45, 2.75) is 13.1 Å². The minimum absolute atomic E-state index is 0.00392. The fraction of sp³-hybridized carbons (Fsp3) is 0.350. The summed E-state index contributed by atoms with van der Waals surface area (Å²) in [6.07, 6.45) is 3.56. The van der Waals surface area contributed by atoms with E-state index >= 15 is 0 Å². The van der Waals surface area contributed by atoms with Gasteiger partial charge >= 0.3 is 0 Å². The Hall–Kier alpha value is -2.55. The van der Waals surface area contributed by atoms with Gasteiger partial charge in [0.05, 0.1) is 34.8 Å². The van der Waals surface area contributed by atoms with Gasteiger partial charge in [0, 0.05) is 55.7 Å². The van der Waals surface area contributed by atoms with Gasteiger partial charge in [-0.15, -0.1) is 0 Å². The lowest BCUT2D eigenvalue weighted by Gasteiger charge is -2.31. The van der Waals surface area contributed by atoms with Crippen molar-refractivity contribution in [1.82, 2.24) is 24.6 Å². The van der Waals surface area contributed by atoms with E-state index in [4.69, 9.17) is 27.9 Å². The Morgan fingerprint density at radius 2 is 2.10 bits per heavy atom. The SMILES string of the molecule is COCC(=O)N(C)CC(=O)N1CCn2c(c(-c3cn[nH]c3)c3ccc(Cl)c(Cl)c32)C1. The second-order valence-electron chi connectivity index (χ2n) is 7.22. The number of nitrogens with zero attached hydrogens (tertiary/aromatic N) is 4. The fourth-order valence-corrected chi connectivity index (χ4v) is 4.29. The van der Waals surface area contributed by atoms with Gasteiger partial charge in [-0.25, -0.2) is 0 Å². The molecule has 2 amide bonds. The summed E-state index contributed by atoms with van der Waals surface area (Å²) in [7, 11) is 3.05. The van der Waals surface area contributed by atoms with Crippen molar-refractivity contribution >= 4 is 45.9 Å². The Bertz CT molecular complexity index is 1110. The van der Waals surface area contributed by atoms with E-state index in [1.54, 1.807) is 24.2 Å². The number of carbonyl (C=O) groups is 2. The maximum absolute atomic E-state index is 12.9. The smallest absolute Gasteiger partial charge is 0.248 e. The Balaban J connectivity index is 1.70. The van der Waals surface area contributed by atoms with E-state index in [1.807, 2.05) is 12.3 Å². The highest BCUT2D eigenvalue weighted by molar-refractivity contribution is 6.45. The number of methoxy groups -OCH3 is 1. The molecule has 0 fully saturated rings. The zero-order chi connectivity index (χ0) is 21.4. The molecular weight excluding hydrogens is 429 g/mol. The van der Waals surface area contributed by atoms with Crippen molar-refractivity contribution in [3.8, 4) is 11.1 Å². The third kappa shape index (κ3) is 3.55. The summed E-state index contributed by atoms with van der Waals surface area (Å²) in [6.45, 7) is 1.42. The van der Waals surface area contributed by atoms with Crippen LogP contribution in [0, 0.1) is 0 Å². The van der Waals surface area contributed by atoms with Crippen molar-refractivity contribution in [3.63, 3.8) is 0 Å². The number of ether oxygens (including phenoxy) is 1. The van der Waals surface area contributed by atoms with Gasteiger partial charge < -0.3 is 19.1 Å². The molecule has 0 aliphatic carbocycles. The van der Waals surface area contributed by atoms with Crippen LogP contribution in [0.3, 0.4) is 0 Å². The van der Waals surface area contributed by atoms with E-state index in [0.29, 0.717) is 29.7 Å². The zero-order valence-electron chi connectivity index (χ0n) is 16.6. The first-order valence-corrected chi connectivity index (χ1v) is 10.2. The Morgan fingerprint density at radius 1 is 1.30 bits per heavy atom. The average Bonchev–Trinajstić information content (AvgIpc) is 3.36.